The summed E-state index contributed by atoms with van der Waals surface area (Å²) < 4.78 is 5.41. The number of hydrogen-bond donors (Lipinski definition) is 1. The molecule has 1 aromatic heterocycles. The summed E-state index contributed by atoms with van der Waals surface area (Å²) in [6, 6.07) is 9.37. The first kappa shape index (κ1) is 11.4. The SMILES string of the molecule is O=C(O)c1ccc(Oc2ncccc2Cl)cc1. The van der Waals surface area contributed by atoms with E-state index in [2.05, 4.69) is 4.98 Å². The minimum absolute atomic E-state index is 0.199. The molecule has 0 spiro atoms. The summed E-state index contributed by atoms with van der Waals surface area (Å²) in [7, 11) is 0. The highest BCUT2D eigenvalue weighted by molar-refractivity contribution is 6.31. The van der Waals surface area contributed by atoms with Gasteiger partial charge in [-0.25, -0.2) is 9.78 Å². The summed E-state index contributed by atoms with van der Waals surface area (Å²) >= 11 is 5.87. The molecule has 1 N–H and O–H groups in total. The highest BCUT2D eigenvalue weighted by Crippen LogP contribution is 2.26. The molecule has 1 aromatic carbocycles. The van der Waals surface area contributed by atoms with Crippen LogP contribution in [0.1, 0.15) is 10.4 Å². The van der Waals surface area contributed by atoms with E-state index in [4.69, 9.17) is 21.4 Å². The summed E-state index contributed by atoms with van der Waals surface area (Å²) in [6.45, 7) is 0. The van der Waals surface area contributed by atoms with Gasteiger partial charge in [-0.15, -0.1) is 0 Å². The lowest BCUT2D eigenvalue weighted by Crippen LogP contribution is -1.95. The Kier molecular flexibility index (Phi) is 3.25. The quantitative estimate of drug-likeness (QED) is 0.907. The fourth-order valence-electron chi connectivity index (χ4n) is 1.22. The molecule has 2 rings (SSSR count). The summed E-state index contributed by atoms with van der Waals surface area (Å²) in [5, 5.41) is 9.13. The number of benzene rings is 1. The van der Waals surface area contributed by atoms with Crippen LogP contribution in [0, 0.1) is 0 Å². The largest absolute Gasteiger partial charge is 0.478 e. The van der Waals surface area contributed by atoms with Gasteiger partial charge in [-0.2, -0.15) is 0 Å². The van der Waals surface area contributed by atoms with Crippen molar-refractivity contribution in [2.45, 2.75) is 0 Å². The molecule has 0 aliphatic heterocycles. The monoisotopic (exact) mass is 249 g/mol. The van der Waals surface area contributed by atoms with E-state index in [1.54, 1.807) is 30.5 Å². The van der Waals surface area contributed by atoms with Gasteiger partial charge in [0.05, 0.1) is 5.56 Å². The Morgan fingerprint density at radius 1 is 1.24 bits per heavy atom. The number of halogens is 1. The topological polar surface area (TPSA) is 59.4 Å². The summed E-state index contributed by atoms with van der Waals surface area (Å²) in [4.78, 5) is 14.6. The molecule has 0 fully saturated rings. The second-order valence-electron chi connectivity index (χ2n) is 3.22. The molecule has 0 saturated heterocycles. The minimum atomic E-state index is -0.979. The number of aromatic nitrogens is 1. The van der Waals surface area contributed by atoms with Gasteiger partial charge in [-0.1, -0.05) is 11.6 Å². The molecule has 0 unspecified atom stereocenters. The molecule has 5 heteroatoms. The molecule has 4 nitrogen and oxygen atoms in total. The van der Waals surface area contributed by atoms with Crippen molar-refractivity contribution in [1.29, 1.82) is 0 Å². The van der Waals surface area contributed by atoms with Crippen LogP contribution in [0.2, 0.25) is 5.02 Å². The molecule has 0 saturated carbocycles. The van der Waals surface area contributed by atoms with E-state index in [1.807, 2.05) is 0 Å². The van der Waals surface area contributed by atoms with Crippen molar-refractivity contribution >= 4 is 17.6 Å². The third kappa shape index (κ3) is 2.73. The highest BCUT2D eigenvalue weighted by Gasteiger charge is 2.05. The number of carboxylic acid groups (broad SMARTS) is 1. The van der Waals surface area contributed by atoms with E-state index >= 15 is 0 Å². The van der Waals surface area contributed by atoms with Crippen LogP contribution in [0.15, 0.2) is 42.6 Å². The average molecular weight is 250 g/mol. The van der Waals surface area contributed by atoms with Gasteiger partial charge < -0.3 is 9.84 Å². The zero-order valence-corrected chi connectivity index (χ0v) is 9.39. The lowest BCUT2D eigenvalue weighted by Gasteiger charge is -2.05. The van der Waals surface area contributed by atoms with E-state index in [-0.39, 0.29) is 11.4 Å². The van der Waals surface area contributed by atoms with Gasteiger partial charge in [0.15, 0.2) is 0 Å². The van der Waals surface area contributed by atoms with Gasteiger partial charge in [0.25, 0.3) is 0 Å². The summed E-state index contributed by atoms with van der Waals surface area (Å²) in [6.07, 6.45) is 1.56. The number of ether oxygens (including phenoxy) is 1. The van der Waals surface area contributed by atoms with Crippen LogP contribution in [-0.4, -0.2) is 16.1 Å². The molecule has 0 bridgehead atoms. The maximum atomic E-state index is 10.7. The number of nitrogens with zero attached hydrogens (tertiary/aromatic N) is 1. The molecule has 17 heavy (non-hydrogen) atoms. The highest BCUT2D eigenvalue weighted by atomic mass is 35.5. The maximum absolute atomic E-state index is 10.7. The number of carbonyl (C=O) groups is 1. The Bertz CT molecular complexity index is 540. The number of carboxylic acids is 1. The third-order valence-electron chi connectivity index (χ3n) is 2.04. The predicted molar refractivity (Wildman–Crippen MR) is 62.7 cm³/mol. The van der Waals surface area contributed by atoms with Gasteiger partial charge in [0.1, 0.15) is 10.8 Å². The van der Waals surface area contributed by atoms with E-state index < -0.39 is 5.97 Å². The Hall–Kier alpha value is -2.07. The van der Waals surface area contributed by atoms with Crippen LogP contribution in [0.5, 0.6) is 11.6 Å². The standard InChI is InChI=1S/C12H8ClNO3/c13-10-2-1-7-14-11(10)17-9-5-3-8(4-6-9)12(15)16/h1-7H,(H,15,16). The Morgan fingerprint density at radius 3 is 2.53 bits per heavy atom. The molecule has 2 aromatic rings. The Balaban J connectivity index is 2.20. The third-order valence-corrected chi connectivity index (χ3v) is 2.33. The Labute approximate surface area is 102 Å². The second-order valence-corrected chi connectivity index (χ2v) is 3.63. The van der Waals surface area contributed by atoms with Crippen molar-refractivity contribution in [3.05, 3.63) is 53.2 Å². The van der Waals surface area contributed by atoms with Gasteiger partial charge in [-0.3, -0.25) is 0 Å². The molecule has 86 valence electrons. The van der Waals surface area contributed by atoms with Crippen LogP contribution >= 0.6 is 11.6 Å². The van der Waals surface area contributed by atoms with Crippen LogP contribution in [0.3, 0.4) is 0 Å². The van der Waals surface area contributed by atoms with Crippen LogP contribution in [-0.2, 0) is 0 Å². The van der Waals surface area contributed by atoms with Crippen molar-refractivity contribution in [1.82, 2.24) is 4.98 Å². The zero-order valence-electron chi connectivity index (χ0n) is 8.63. The van der Waals surface area contributed by atoms with E-state index in [1.165, 1.54) is 12.1 Å². The summed E-state index contributed by atoms with van der Waals surface area (Å²) in [5.74, 6) is -0.208. The van der Waals surface area contributed by atoms with E-state index in [0.29, 0.717) is 10.8 Å². The second kappa shape index (κ2) is 4.84. The molecular formula is C12H8ClNO3. The van der Waals surface area contributed by atoms with Crippen molar-refractivity contribution in [2.75, 3.05) is 0 Å². The van der Waals surface area contributed by atoms with Crippen LogP contribution < -0.4 is 4.74 Å². The van der Waals surface area contributed by atoms with E-state index in [0.717, 1.165) is 0 Å². The predicted octanol–water partition coefficient (Wildman–Crippen LogP) is 3.23. The van der Waals surface area contributed by atoms with Crippen molar-refractivity contribution < 1.29 is 14.6 Å². The maximum Gasteiger partial charge on any atom is 0.335 e. The van der Waals surface area contributed by atoms with Gasteiger partial charge in [0.2, 0.25) is 5.88 Å². The first-order valence-corrected chi connectivity index (χ1v) is 5.16. The lowest BCUT2D eigenvalue weighted by atomic mass is 10.2. The normalized spacial score (nSPS) is 9.94. The fraction of sp³-hybridized carbons (Fsp3) is 0. The fourth-order valence-corrected chi connectivity index (χ4v) is 1.38. The number of pyridine rings is 1. The smallest absolute Gasteiger partial charge is 0.335 e. The molecule has 0 aliphatic carbocycles. The molecule has 0 aliphatic rings. The van der Waals surface area contributed by atoms with Crippen molar-refractivity contribution in [2.24, 2.45) is 0 Å². The van der Waals surface area contributed by atoms with E-state index in [9.17, 15) is 4.79 Å². The lowest BCUT2D eigenvalue weighted by molar-refractivity contribution is 0.0697. The number of rotatable bonds is 3. The molecule has 0 atom stereocenters. The zero-order chi connectivity index (χ0) is 12.3. The summed E-state index contributed by atoms with van der Waals surface area (Å²) in [5.41, 5.74) is 0.199. The van der Waals surface area contributed by atoms with Gasteiger partial charge >= 0.3 is 5.97 Å². The van der Waals surface area contributed by atoms with Gasteiger partial charge in [0, 0.05) is 6.20 Å². The number of aromatic carboxylic acids is 1. The average Bonchev–Trinajstić information content (AvgIpc) is 2.33. The first-order chi connectivity index (χ1) is 8.16. The molecule has 0 radical (unpaired) electrons. The Morgan fingerprint density at radius 2 is 1.94 bits per heavy atom. The molecule has 0 amide bonds. The van der Waals surface area contributed by atoms with Crippen molar-refractivity contribution in [3.63, 3.8) is 0 Å². The van der Waals surface area contributed by atoms with Crippen LogP contribution in [0.4, 0.5) is 0 Å². The molecular weight excluding hydrogens is 242 g/mol. The first-order valence-electron chi connectivity index (χ1n) is 4.78. The molecule has 1 heterocycles. The number of hydrogen-bond acceptors (Lipinski definition) is 3. The van der Waals surface area contributed by atoms with Crippen LogP contribution in [0.25, 0.3) is 0 Å². The van der Waals surface area contributed by atoms with Gasteiger partial charge in [-0.05, 0) is 36.4 Å². The minimum Gasteiger partial charge on any atom is -0.478 e. The van der Waals surface area contributed by atoms with Crippen molar-refractivity contribution in [3.8, 4) is 11.6 Å².